The van der Waals surface area contributed by atoms with Crippen molar-refractivity contribution in [3.8, 4) is 6.07 Å². The normalized spacial score (nSPS) is 24.5. The van der Waals surface area contributed by atoms with Crippen LogP contribution in [-0.2, 0) is 0 Å². The minimum absolute atomic E-state index is 0.342. The molecule has 1 saturated heterocycles. The quantitative estimate of drug-likeness (QED) is 0.556. The van der Waals surface area contributed by atoms with Crippen LogP contribution in [0.15, 0.2) is 0 Å². The molecule has 1 aliphatic heterocycles. The van der Waals surface area contributed by atoms with E-state index in [-0.39, 0.29) is 0 Å². The van der Waals surface area contributed by atoms with Crippen LogP contribution in [0.25, 0.3) is 0 Å². The third-order valence-corrected chi connectivity index (χ3v) is 3.10. The first kappa shape index (κ1) is 8.89. The summed E-state index contributed by atoms with van der Waals surface area (Å²) < 4.78 is 0.342. The smallest absolute Gasteiger partial charge is 0.0866 e. The first-order valence-electron chi connectivity index (χ1n) is 3.87. The van der Waals surface area contributed by atoms with Crippen molar-refractivity contribution in [2.75, 3.05) is 25.4 Å². The van der Waals surface area contributed by atoms with Gasteiger partial charge in [-0.1, -0.05) is 0 Å². The van der Waals surface area contributed by atoms with Crippen molar-refractivity contribution >= 4 is 11.8 Å². The predicted molar refractivity (Wildman–Crippen MR) is 48.6 cm³/mol. The molecule has 0 saturated carbocycles. The second kappa shape index (κ2) is 3.46. The van der Waals surface area contributed by atoms with Crippen molar-refractivity contribution in [1.29, 1.82) is 5.26 Å². The lowest BCUT2D eigenvalue weighted by molar-refractivity contribution is 0.290. The van der Waals surface area contributed by atoms with Crippen molar-refractivity contribution in [3.05, 3.63) is 0 Å². The van der Waals surface area contributed by atoms with Crippen LogP contribution < -0.4 is 0 Å². The Bertz CT molecular complexity index is 171. The molecule has 11 heavy (non-hydrogen) atoms. The van der Waals surface area contributed by atoms with Gasteiger partial charge in [-0.3, -0.25) is 4.90 Å². The van der Waals surface area contributed by atoms with Gasteiger partial charge in [0.05, 0.1) is 12.6 Å². The molecule has 1 aliphatic rings. The highest BCUT2D eigenvalue weighted by molar-refractivity contribution is 8.00. The average Bonchev–Trinajstić information content (AvgIpc) is 1.85. The summed E-state index contributed by atoms with van der Waals surface area (Å²) in [6.45, 7) is 7.18. The summed E-state index contributed by atoms with van der Waals surface area (Å²) in [6.07, 6.45) is 0. The van der Waals surface area contributed by atoms with E-state index in [1.54, 1.807) is 0 Å². The van der Waals surface area contributed by atoms with Gasteiger partial charge in [-0.05, 0) is 13.8 Å². The zero-order valence-electron chi connectivity index (χ0n) is 7.13. The number of hydrogen-bond acceptors (Lipinski definition) is 3. The standard InChI is InChI=1S/C8H14N2S/c1-8(2)7-10(4-3-9)5-6-11-8/h4-7H2,1-2H3. The van der Waals surface area contributed by atoms with E-state index in [0.29, 0.717) is 11.3 Å². The van der Waals surface area contributed by atoms with E-state index in [4.69, 9.17) is 5.26 Å². The number of thioether (sulfide) groups is 1. The first-order valence-corrected chi connectivity index (χ1v) is 4.86. The van der Waals surface area contributed by atoms with Crippen molar-refractivity contribution in [2.24, 2.45) is 0 Å². The molecule has 0 aromatic heterocycles. The van der Waals surface area contributed by atoms with Crippen LogP contribution >= 0.6 is 11.8 Å². The maximum Gasteiger partial charge on any atom is 0.0866 e. The lowest BCUT2D eigenvalue weighted by atomic mass is 10.2. The first-order chi connectivity index (χ1) is 5.14. The minimum atomic E-state index is 0.342. The summed E-state index contributed by atoms with van der Waals surface area (Å²) in [5.74, 6) is 1.16. The predicted octanol–water partition coefficient (Wildman–Crippen LogP) is 1.34. The minimum Gasteiger partial charge on any atom is -0.288 e. The fourth-order valence-corrected chi connectivity index (χ4v) is 2.53. The van der Waals surface area contributed by atoms with Crippen LogP contribution in [0.3, 0.4) is 0 Å². The van der Waals surface area contributed by atoms with Gasteiger partial charge in [-0.25, -0.2) is 0 Å². The molecule has 0 bridgehead atoms. The highest BCUT2D eigenvalue weighted by atomic mass is 32.2. The largest absolute Gasteiger partial charge is 0.288 e. The molecule has 1 fully saturated rings. The van der Waals surface area contributed by atoms with Gasteiger partial charge in [0.15, 0.2) is 0 Å². The van der Waals surface area contributed by atoms with Gasteiger partial charge in [-0.2, -0.15) is 17.0 Å². The van der Waals surface area contributed by atoms with Gasteiger partial charge < -0.3 is 0 Å². The molecule has 0 N–H and O–H groups in total. The molecule has 0 atom stereocenters. The Morgan fingerprint density at radius 3 is 2.91 bits per heavy atom. The molecule has 0 radical (unpaired) electrons. The van der Waals surface area contributed by atoms with Gasteiger partial charge >= 0.3 is 0 Å². The van der Waals surface area contributed by atoms with Gasteiger partial charge in [0.25, 0.3) is 0 Å². The molecular weight excluding hydrogens is 156 g/mol. The molecule has 2 nitrogen and oxygen atoms in total. The summed E-state index contributed by atoms with van der Waals surface area (Å²) in [7, 11) is 0. The van der Waals surface area contributed by atoms with Gasteiger partial charge in [0.1, 0.15) is 0 Å². The number of nitriles is 1. The molecule has 0 aromatic carbocycles. The van der Waals surface area contributed by atoms with Crippen LogP contribution in [0.5, 0.6) is 0 Å². The molecule has 0 unspecified atom stereocenters. The Morgan fingerprint density at radius 2 is 2.36 bits per heavy atom. The van der Waals surface area contributed by atoms with Crippen LogP contribution in [-0.4, -0.2) is 35.0 Å². The molecule has 1 rings (SSSR count). The van der Waals surface area contributed by atoms with Crippen molar-refractivity contribution in [1.82, 2.24) is 4.90 Å². The zero-order chi connectivity index (χ0) is 8.32. The summed E-state index contributed by atoms with van der Waals surface area (Å²) in [4.78, 5) is 2.22. The summed E-state index contributed by atoms with van der Waals surface area (Å²) in [5, 5.41) is 8.49. The van der Waals surface area contributed by atoms with Gasteiger partial charge in [0, 0.05) is 23.6 Å². The summed E-state index contributed by atoms with van der Waals surface area (Å²) in [6, 6.07) is 2.19. The van der Waals surface area contributed by atoms with Crippen LogP contribution in [0, 0.1) is 11.3 Å². The molecule has 62 valence electrons. The van der Waals surface area contributed by atoms with Crippen molar-refractivity contribution in [3.63, 3.8) is 0 Å². The Morgan fingerprint density at radius 1 is 1.64 bits per heavy atom. The highest BCUT2D eigenvalue weighted by Crippen LogP contribution is 2.28. The Balaban J connectivity index is 2.41. The number of nitrogens with zero attached hydrogens (tertiary/aromatic N) is 2. The van der Waals surface area contributed by atoms with E-state index in [1.165, 1.54) is 0 Å². The number of hydrogen-bond donors (Lipinski definition) is 0. The molecule has 0 amide bonds. The average molecular weight is 170 g/mol. The molecule has 1 heterocycles. The van der Waals surface area contributed by atoms with Crippen molar-refractivity contribution in [2.45, 2.75) is 18.6 Å². The maximum atomic E-state index is 8.49. The lowest BCUT2D eigenvalue weighted by Crippen LogP contribution is -2.43. The fourth-order valence-electron chi connectivity index (χ4n) is 1.35. The monoisotopic (exact) mass is 170 g/mol. The van der Waals surface area contributed by atoms with Crippen LogP contribution in [0.1, 0.15) is 13.8 Å². The van der Waals surface area contributed by atoms with E-state index in [1.807, 2.05) is 11.8 Å². The SMILES string of the molecule is CC1(C)CN(CC#N)CCS1. The summed E-state index contributed by atoms with van der Waals surface area (Å²) >= 11 is 2.00. The van der Waals surface area contributed by atoms with Gasteiger partial charge in [-0.15, -0.1) is 0 Å². The molecular formula is C8H14N2S. The Kier molecular flexibility index (Phi) is 2.80. The lowest BCUT2D eigenvalue weighted by Gasteiger charge is -2.36. The number of rotatable bonds is 1. The Labute approximate surface area is 72.6 Å². The summed E-state index contributed by atoms with van der Waals surface area (Å²) in [5.41, 5.74) is 0. The van der Waals surface area contributed by atoms with E-state index < -0.39 is 0 Å². The topological polar surface area (TPSA) is 27.0 Å². The maximum absolute atomic E-state index is 8.49. The van der Waals surface area contributed by atoms with E-state index in [2.05, 4.69) is 24.8 Å². The van der Waals surface area contributed by atoms with E-state index in [9.17, 15) is 0 Å². The molecule has 0 aromatic rings. The second-order valence-corrected chi connectivity index (χ2v) is 5.28. The van der Waals surface area contributed by atoms with E-state index >= 15 is 0 Å². The van der Waals surface area contributed by atoms with Crippen LogP contribution in [0.2, 0.25) is 0 Å². The Hall–Kier alpha value is -0.200. The highest BCUT2D eigenvalue weighted by Gasteiger charge is 2.26. The zero-order valence-corrected chi connectivity index (χ0v) is 7.95. The van der Waals surface area contributed by atoms with Gasteiger partial charge in [0.2, 0.25) is 0 Å². The third-order valence-electron chi connectivity index (χ3n) is 1.80. The van der Waals surface area contributed by atoms with Crippen LogP contribution in [0.4, 0.5) is 0 Å². The second-order valence-electron chi connectivity index (χ2n) is 3.48. The third kappa shape index (κ3) is 2.72. The van der Waals surface area contributed by atoms with Crippen molar-refractivity contribution < 1.29 is 0 Å². The van der Waals surface area contributed by atoms with E-state index in [0.717, 1.165) is 18.8 Å². The fraction of sp³-hybridized carbons (Fsp3) is 0.875. The molecule has 0 spiro atoms. The molecule has 0 aliphatic carbocycles. The molecule has 3 heteroatoms.